The quantitative estimate of drug-likeness (QED) is 0.854. The molecule has 5 heteroatoms. The van der Waals surface area contributed by atoms with Gasteiger partial charge >= 0.3 is 5.97 Å². The topological polar surface area (TPSA) is 55.1 Å². The van der Waals surface area contributed by atoms with Crippen molar-refractivity contribution in [1.82, 2.24) is 9.55 Å². The van der Waals surface area contributed by atoms with Gasteiger partial charge in [-0.25, -0.2) is 4.98 Å². The highest BCUT2D eigenvalue weighted by atomic mass is 32.2. The fraction of sp³-hybridized carbons (Fsp3) is 0.467. The number of carbonyl (C=O) groups is 1. The zero-order valence-corrected chi connectivity index (χ0v) is 13.1. The van der Waals surface area contributed by atoms with E-state index in [9.17, 15) is 4.79 Å². The molecule has 4 nitrogen and oxygen atoms in total. The van der Waals surface area contributed by atoms with E-state index in [1.807, 2.05) is 13.0 Å². The van der Waals surface area contributed by atoms with E-state index in [0.29, 0.717) is 0 Å². The Labute approximate surface area is 123 Å². The highest BCUT2D eigenvalue weighted by molar-refractivity contribution is 7.99. The predicted octanol–water partition coefficient (Wildman–Crippen LogP) is 3.67. The van der Waals surface area contributed by atoms with E-state index < -0.39 is 5.97 Å². The molecule has 1 N–H and O–H groups in total. The summed E-state index contributed by atoms with van der Waals surface area (Å²) in [4.78, 5) is 15.4. The number of carboxylic acids is 1. The lowest BCUT2D eigenvalue weighted by atomic mass is 10.0. The minimum Gasteiger partial charge on any atom is -0.481 e. The van der Waals surface area contributed by atoms with Gasteiger partial charge in [0.15, 0.2) is 5.16 Å². The molecule has 1 aromatic carbocycles. The highest BCUT2D eigenvalue weighted by Gasteiger charge is 2.25. The number of thioether (sulfide) groups is 1. The first kappa shape index (κ1) is 14.9. The summed E-state index contributed by atoms with van der Waals surface area (Å²) in [6.07, 6.45) is 0.951. The van der Waals surface area contributed by atoms with Crippen molar-refractivity contribution in [2.45, 2.75) is 44.8 Å². The molecule has 2 aromatic rings. The van der Waals surface area contributed by atoms with Crippen molar-refractivity contribution in [3.8, 4) is 0 Å². The molecule has 0 bridgehead atoms. The van der Waals surface area contributed by atoms with Gasteiger partial charge in [-0.3, -0.25) is 4.79 Å². The number of rotatable bonds is 5. The van der Waals surface area contributed by atoms with E-state index >= 15 is 0 Å². The van der Waals surface area contributed by atoms with E-state index in [1.54, 1.807) is 0 Å². The number of hydrogen-bond donors (Lipinski definition) is 1. The van der Waals surface area contributed by atoms with Gasteiger partial charge in [-0.05, 0) is 44.9 Å². The fourth-order valence-corrected chi connectivity index (χ4v) is 3.02. The van der Waals surface area contributed by atoms with Crippen molar-refractivity contribution in [2.24, 2.45) is 0 Å². The minimum absolute atomic E-state index is 0.0299. The molecule has 0 spiro atoms. The van der Waals surface area contributed by atoms with E-state index in [4.69, 9.17) is 5.11 Å². The molecule has 0 fully saturated rings. The van der Waals surface area contributed by atoms with Crippen LogP contribution in [-0.2, 0) is 10.3 Å². The third-order valence-corrected chi connectivity index (χ3v) is 4.50. The SMILES string of the molecule is CCC(C)(C)n1c(SCC(=O)O)nc2cc(C)ccc21. The molecule has 20 heavy (non-hydrogen) atoms. The van der Waals surface area contributed by atoms with Gasteiger partial charge in [0.05, 0.1) is 16.8 Å². The second kappa shape index (κ2) is 5.48. The lowest BCUT2D eigenvalue weighted by Crippen LogP contribution is -2.26. The van der Waals surface area contributed by atoms with E-state index in [-0.39, 0.29) is 11.3 Å². The summed E-state index contributed by atoms with van der Waals surface area (Å²) in [5, 5.41) is 9.66. The van der Waals surface area contributed by atoms with Crippen LogP contribution in [0.25, 0.3) is 11.0 Å². The molecule has 0 aliphatic carbocycles. The Balaban J connectivity index is 2.59. The predicted molar refractivity (Wildman–Crippen MR) is 82.4 cm³/mol. The maximum Gasteiger partial charge on any atom is 0.313 e. The maximum absolute atomic E-state index is 10.8. The molecule has 0 radical (unpaired) electrons. The number of fused-ring (bicyclic) bond motifs is 1. The van der Waals surface area contributed by atoms with Gasteiger partial charge in [0.1, 0.15) is 0 Å². The van der Waals surface area contributed by atoms with Crippen molar-refractivity contribution in [2.75, 3.05) is 5.75 Å². The molecule has 0 saturated carbocycles. The molecular formula is C15H20N2O2S. The fourth-order valence-electron chi connectivity index (χ4n) is 2.13. The smallest absolute Gasteiger partial charge is 0.313 e. The van der Waals surface area contributed by atoms with Crippen molar-refractivity contribution < 1.29 is 9.90 Å². The van der Waals surface area contributed by atoms with Crippen LogP contribution in [0.2, 0.25) is 0 Å². The Morgan fingerprint density at radius 1 is 1.45 bits per heavy atom. The Bertz CT molecular complexity index is 647. The van der Waals surface area contributed by atoms with Crippen molar-refractivity contribution in [3.63, 3.8) is 0 Å². The summed E-state index contributed by atoms with van der Waals surface area (Å²) < 4.78 is 2.16. The summed E-state index contributed by atoms with van der Waals surface area (Å²) in [5.41, 5.74) is 3.06. The van der Waals surface area contributed by atoms with Gasteiger partial charge in [-0.1, -0.05) is 24.8 Å². The Morgan fingerprint density at radius 2 is 2.15 bits per heavy atom. The molecule has 0 atom stereocenters. The van der Waals surface area contributed by atoms with Gasteiger partial charge in [0.2, 0.25) is 0 Å². The number of aliphatic carboxylic acids is 1. The first-order valence-electron chi connectivity index (χ1n) is 6.69. The Kier molecular flexibility index (Phi) is 4.09. The summed E-state index contributed by atoms with van der Waals surface area (Å²) in [5.74, 6) is -0.790. The molecule has 0 aliphatic heterocycles. The molecule has 1 aromatic heterocycles. The summed E-state index contributed by atoms with van der Waals surface area (Å²) in [7, 11) is 0. The number of carboxylic acid groups (broad SMARTS) is 1. The number of aryl methyl sites for hydroxylation is 1. The monoisotopic (exact) mass is 292 g/mol. The van der Waals surface area contributed by atoms with Crippen LogP contribution < -0.4 is 0 Å². The van der Waals surface area contributed by atoms with Crippen molar-refractivity contribution >= 4 is 28.8 Å². The van der Waals surface area contributed by atoms with Crippen LogP contribution in [0.1, 0.15) is 32.8 Å². The largest absolute Gasteiger partial charge is 0.481 e. The lowest BCUT2D eigenvalue weighted by molar-refractivity contribution is -0.133. The van der Waals surface area contributed by atoms with Gasteiger partial charge in [-0.2, -0.15) is 0 Å². The van der Waals surface area contributed by atoms with E-state index in [1.165, 1.54) is 11.8 Å². The third-order valence-electron chi connectivity index (χ3n) is 3.57. The van der Waals surface area contributed by atoms with Gasteiger partial charge in [0, 0.05) is 5.54 Å². The summed E-state index contributed by atoms with van der Waals surface area (Å²) >= 11 is 1.28. The number of hydrogen-bond acceptors (Lipinski definition) is 3. The molecule has 108 valence electrons. The van der Waals surface area contributed by atoms with Crippen LogP contribution in [0.3, 0.4) is 0 Å². The molecule has 1 heterocycles. The molecule has 0 aliphatic rings. The first-order chi connectivity index (χ1) is 9.35. The zero-order valence-electron chi connectivity index (χ0n) is 12.3. The normalized spacial score (nSPS) is 12.0. The number of nitrogens with zero attached hydrogens (tertiary/aromatic N) is 2. The number of imidazole rings is 1. The number of aromatic nitrogens is 2. The summed E-state index contributed by atoms with van der Waals surface area (Å²) in [6, 6.07) is 6.18. The van der Waals surface area contributed by atoms with E-state index in [0.717, 1.165) is 28.2 Å². The van der Waals surface area contributed by atoms with Gasteiger partial charge < -0.3 is 9.67 Å². The van der Waals surface area contributed by atoms with E-state index in [2.05, 4.69) is 42.5 Å². The highest BCUT2D eigenvalue weighted by Crippen LogP contribution is 2.32. The van der Waals surface area contributed by atoms with Crippen LogP contribution in [0, 0.1) is 6.92 Å². The molecule has 0 saturated heterocycles. The van der Waals surface area contributed by atoms with Crippen LogP contribution in [0.5, 0.6) is 0 Å². The average Bonchev–Trinajstić information content (AvgIpc) is 2.74. The van der Waals surface area contributed by atoms with Gasteiger partial charge in [0.25, 0.3) is 0 Å². The Morgan fingerprint density at radius 3 is 2.75 bits per heavy atom. The summed E-state index contributed by atoms with van der Waals surface area (Å²) in [6.45, 7) is 8.47. The van der Waals surface area contributed by atoms with Crippen LogP contribution in [-0.4, -0.2) is 26.4 Å². The maximum atomic E-state index is 10.8. The standard InChI is InChI=1S/C15H20N2O2S/c1-5-15(3,4)17-12-7-6-10(2)8-11(12)16-14(17)20-9-13(18)19/h6-8H,5,9H2,1-4H3,(H,18,19). The van der Waals surface area contributed by atoms with Crippen molar-refractivity contribution in [3.05, 3.63) is 23.8 Å². The zero-order chi connectivity index (χ0) is 14.9. The second-order valence-corrected chi connectivity index (χ2v) is 6.51. The second-order valence-electron chi connectivity index (χ2n) is 5.57. The molecular weight excluding hydrogens is 272 g/mol. The molecule has 0 unspecified atom stereocenters. The third kappa shape index (κ3) is 2.82. The molecule has 0 amide bonds. The van der Waals surface area contributed by atoms with Crippen LogP contribution >= 0.6 is 11.8 Å². The van der Waals surface area contributed by atoms with Crippen LogP contribution in [0.15, 0.2) is 23.4 Å². The van der Waals surface area contributed by atoms with Gasteiger partial charge in [-0.15, -0.1) is 0 Å². The number of benzene rings is 1. The Hall–Kier alpha value is -1.49. The van der Waals surface area contributed by atoms with Crippen LogP contribution in [0.4, 0.5) is 0 Å². The lowest BCUT2D eigenvalue weighted by Gasteiger charge is -2.27. The first-order valence-corrected chi connectivity index (χ1v) is 7.68. The van der Waals surface area contributed by atoms with Crippen molar-refractivity contribution in [1.29, 1.82) is 0 Å². The molecule has 2 rings (SSSR count). The average molecular weight is 292 g/mol. The minimum atomic E-state index is -0.820.